The van der Waals surface area contributed by atoms with Crippen LogP contribution in [0.2, 0.25) is 0 Å². The highest BCUT2D eigenvalue weighted by atomic mass is 79.9. The van der Waals surface area contributed by atoms with Gasteiger partial charge in [-0.05, 0) is 18.6 Å². The van der Waals surface area contributed by atoms with Crippen LogP contribution in [0.15, 0.2) is 22.7 Å². The molecular weight excluding hydrogens is 304 g/mol. The second kappa shape index (κ2) is 6.12. The number of hydrogen-bond donors (Lipinski definition) is 0. The zero-order valence-electron chi connectivity index (χ0n) is 9.42. The third-order valence-electron chi connectivity index (χ3n) is 2.16. The Morgan fingerprint density at radius 2 is 2.33 bits per heavy atom. The molecule has 0 bridgehead atoms. The average molecular weight is 313 g/mol. The minimum Gasteiger partial charge on any atom is -0.465 e. The van der Waals surface area contributed by atoms with E-state index < -0.39 is 16.8 Å². The quantitative estimate of drug-likeness (QED) is 0.484. The van der Waals surface area contributed by atoms with Crippen LogP contribution in [0, 0.1) is 21.4 Å². The first-order valence-electron chi connectivity index (χ1n) is 5.01. The predicted molar refractivity (Wildman–Crippen MR) is 65.8 cm³/mol. The van der Waals surface area contributed by atoms with Crippen LogP contribution in [-0.2, 0) is 9.53 Å². The molecular formula is C11H9BrN2O4. The van der Waals surface area contributed by atoms with E-state index in [2.05, 4.69) is 15.9 Å². The third-order valence-corrected chi connectivity index (χ3v) is 2.84. The summed E-state index contributed by atoms with van der Waals surface area (Å²) in [5, 5.41) is 19.5. The monoisotopic (exact) mass is 312 g/mol. The largest absolute Gasteiger partial charge is 0.465 e. The highest BCUT2D eigenvalue weighted by molar-refractivity contribution is 9.10. The van der Waals surface area contributed by atoms with E-state index in [1.54, 1.807) is 6.92 Å². The lowest BCUT2D eigenvalue weighted by atomic mass is 10.0. The van der Waals surface area contributed by atoms with Gasteiger partial charge in [0.1, 0.15) is 0 Å². The summed E-state index contributed by atoms with van der Waals surface area (Å²) in [6.45, 7) is 1.80. The van der Waals surface area contributed by atoms with E-state index in [0.717, 1.165) is 0 Å². The van der Waals surface area contributed by atoms with Crippen molar-refractivity contribution in [3.63, 3.8) is 0 Å². The molecule has 1 aromatic rings. The molecule has 18 heavy (non-hydrogen) atoms. The van der Waals surface area contributed by atoms with Gasteiger partial charge >= 0.3 is 5.97 Å². The molecule has 0 saturated heterocycles. The van der Waals surface area contributed by atoms with Gasteiger partial charge in [-0.3, -0.25) is 14.9 Å². The Bertz CT molecular complexity index is 524. The summed E-state index contributed by atoms with van der Waals surface area (Å²) in [7, 11) is 0. The van der Waals surface area contributed by atoms with E-state index in [4.69, 9.17) is 10.00 Å². The molecule has 0 radical (unpaired) electrons. The van der Waals surface area contributed by atoms with Gasteiger partial charge in [0.25, 0.3) is 5.69 Å². The summed E-state index contributed by atoms with van der Waals surface area (Å²) in [4.78, 5) is 21.6. The second-order valence-corrected chi connectivity index (χ2v) is 4.13. The van der Waals surface area contributed by atoms with Crippen LogP contribution in [0.5, 0.6) is 0 Å². The van der Waals surface area contributed by atoms with Gasteiger partial charge in [0, 0.05) is 16.6 Å². The van der Waals surface area contributed by atoms with E-state index in [-0.39, 0.29) is 12.3 Å². The number of esters is 1. The van der Waals surface area contributed by atoms with Crippen molar-refractivity contribution in [3.05, 3.63) is 38.3 Å². The number of carbonyl (C=O) groups is 1. The summed E-state index contributed by atoms with van der Waals surface area (Å²) in [6.07, 6.45) is 0. The van der Waals surface area contributed by atoms with Crippen molar-refractivity contribution in [2.75, 3.05) is 6.61 Å². The smallest absolute Gasteiger partial charge is 0.327 e. The van der Waals surface area contributed by atoms with Gasteiger partial charge in [0.15, 0.2) is 5.92 Å². The minimum absolute atomic E-state index is 0.119. The first-order chi connectivity index (χ1) is 8.51. The van der Waals surface area contributed by atoms with Crippen molar-refractivity contribution in [2.45, 2.75) is 12.8 Å². The SMILES string of the molecule is CCOC(=O)[C@H](C#N)c1ccc([N+](=O)[O-])cc1Br. The number of nitriles is 1. The minimum atomic E-state index is -1.10. The Labute approximate surface area is 111 Å². The van der Waals surface area contributed by atoms with Crippen molar-refractivity contribution in [2.24, 2.45) is 0 Å². The molecule has 0 saturated carbocycles. The zero-order valence-corrected chi connectivity index (χ0v) is 11.0. The fourth-order valence-electron chi connectivity index (χ4n) is 1.34. The Balaban J connectivity index is 3.12. The van der Waals surface area contributed by atoms with E-state index in [9.17, 15) is 14.9 Å². The number of nitro groups is 1. The molecule has 6 nitrogen and oxygen atoms in total. The number of hydrogen-bond acceptors (Lipinski definition) is 5. The number of ether oxygens (including phenoxy) is 1. The van der Waals surface area contributed by atoms with Gasteiger partial charge in [-0.2, -0.15) is 5.26 Å². The number of rotatable bonds is 4. The maximum absolute atomic E-state index is 11.5. The van der Waals surface area contributed by atoms with Crippen LogP contribution >= 0.6 is 15.9 Å². The van der Waals surface area contributed by atoms with Crippen LogP contribution in [-0.4, -0.2) is 17.5 Å². The molecule has 0 N–H and O–H groups in total. The van der Waals surface area contributed by atoms with Crippen LogP contribution in [0.3, 0.4) is 0 Å². The number of halogens is 1. The predicted octanol–water partition coefficient (Wildman–Crippen LogP) is 2.53. The molecule has 0 unspecified atom stereocenters. The number of non-ortho nitro benzene ring substituents is 1. The first-order valence-corrected chi connectivity index (χ1v) is 5.80. The molecule has 1 rings (SSSR count). The molecule has 0 aliphatic heterocycles. The van der Waals surface area contributed by atoms with Gasteiger partial charge in [0.2, 0.25) is 0 Å². The number of nitro benzene ring substituents is 1. The number of nitrogens with zero attached hydrogens (tertiary/aromatic N) is 2. The topological polar surface area (TPSA) is 93.2 Å². The molecule has 0 spiro atoms. The van der Waals surface area contributed by atoms with Gasteiger partial charge in [-0.15, -0.1) is 0 Å². The van der Waals surface area contributed by atoms with Gasteiger partial charge in [-0.25, -0.2) is 0 Å². The molecule has 0 amide bonds. The van der Waals surface area contributed by atoms with Crippen molar-refractivity contribution >= 4 is 27.6 Å². The summed E-state index contributed by atoms with van der Waals surface area (Å²) < 4.78 is 5.10. The molecule has 94 valence electrons. The van der Waals surface area contributed by atoms with E-state index in [1.807, 2.05) is 6.07 Å². The van der Waals surface area contributed by atoms with Crippen LogP contribution in [0.25, 0.3) is 0 Å². The molecule has 0 aromatic heterocycles. The lowest BCUT2D eigenvalue weighted by molar-refractivity contribution is -0.384. The summed E-state index contributed by atoms with van der Waals surface area (Å²) in [6, 6.07) is 5.67. The fraction of sp³-hybridized carbons (Fsp3) is 0.273. The maximum Gasteiger partial charge on any atom is 0.327 e. The number of carbonyl (C=O) groups excluding carboxylic acids is 1. The van der Waals surface area contributed by atoms with E-state index in [0.29, 0.717) is 10.0 Å². The standard InChI is InChI=1S/C11H9BrN2O4/c1-2-18-11(15)9(6-13)8-4-3-7(14(16)17)5-10(8)12/h3-5,9H,2H2,1H3/t9-/m1/s1. The summed E-state index contributed by atoms with van der Waals surface area (Å²) in [5.74, 6) is -1.77. The lowest BCUT2D eigenvalue weighted by Gasteiger charge is -2.10. The number of benzene rings is 1. The Morgan fingerprint density at radius 1 is 1.67 bits per heavy atom. The van der Waals surface area contributed by atoms with Crippen molar-refractivity contribution in [1.29, 1.82) is 5.26 Å². The molecule has 1 aromatic carbocycles. The molecule has 7 heteroatoms. The summed E-state index contributed by atoms with van der Waals surface area (Å²) >= 11 is 3.11. The normalized spacial score (nSPS) is 11.4. The van der Waals surface area contributed by atoms with E-state index in [1.165, 1.54) is 18.2 Å². The first kappa shape index (κ1) is 14.1. The Morgan fingerprint density at radius 3 is 2.78 bits per heavy atom. The molecule has 1 atom stereocenters. The summed E-state index contributed by atoms with van der Waals surface area (Å²) in [5.41, 5.74) is 0.229. The highest BCUT2D eigenvalue weighted by Crippen LogP contribution is 2.29. The molecule has 0 fully saturated rings. The van der Waals surface area contributed by atoms with Gasteiger partial charge < -0.3 is 4.74 Å². The highest BCUT2D eigenvalue weighted by Gasteiger charge is 2.25. The van der Waals surface area contributed by atoms with Crippen LogP contribution < -0.4 is 0 Å². The zero-order chi connectivity index (χ0) is 13.7. The van der Waals surface area contributed by atoms with Crippen LogP contribution in [0.1, 0.15) is 18.4 Å². The van der Waals surface area contributed by atoms with Crippen molar-refractivity contribution < 1.29 is 14.5 Å². The maximum atomic E-state index is 11.5. The van der Waals surface area contributed by atoms with E-state index >= 15 is 0 Å². The molecule has 0 aliphatic rings. The Hall–Kier alpha value is -1.94. The van der Waals surface area contributed by atoms with Crippen molar-refractivity contribution in [3.8, 4) is 6.07 Å². The van der Waals surface area contributed by atoms with Gasteiger partial charge in [0.05, 0.1) is 17.6 Å². The fourth-order valence-corrected chi connectivity index (χ4v) is 1.93. The van der Waals surface area contributed by atoms with Crippen LogP contribution in [0.4, 0.5) is 5.69 Å². The van der Waals surface area contributed by atoms with Crippen molar-refractivity contribution in [1.82, 2.24) is 0 Å². The molecule has 0 heterocycles. The average Bonchev–Trinajstić information content (AvgIpc) is 2.32. The van der Waals surface area contributed by atoms with Gasteiger partial charge in [-0.1, -0.05) is 15.9 Å². The lowest BCUT2D eigenvalue weighted by Crippen LogP contribution is -2.15. The second-order valence-electron chi connectivity index (χ2n) is 3.28. The third kappa shape index (κ3) is 3.05. The molecule has 0 aliphatic carbocycles. The Kier molecular flexibility index (Phi) is 4.80.